The second-order valence-corrected chi connectivity index (χ2v) is 11.0. The summed E-state index contributed by atoms with van der Waals surface area (Å²) in [7, 11) is -1.94. The number of pyridine rings is 1. The number of sulfonamides is 1. The SMILES string of the molecule is CCCCCN(c1nc2oc(-c3ccc(CC)cc3)c(C(=O)NC)c2cc1C1CC1)S(C)(=O)=O.O=C=O. The zero-order valence-electron chi connectivity index (χ0n) is 21.7. The molecule has 1 saturated carbocycles. The molecule has 0 saturated heterocycles. The number of fused-ring (bicyclic) bond motifs is 1. The smallest absolute Gasteiger partial charge is 0.373 e. The van der Waals surface area contributed by atoms with Crippen LogP contribution in [-0.4, -0.2) is 45.3 Å². The number of hydrogen-bond acceptors (Lipinski definition) is 7. The third kappa shape index (κ3) is 6.45. The van der Waals surface area contributed by atoms with Crippen molar-refractivity contribution in [1.29, 1.82) is 0 Å². The van der Waals surface area contributed by atoms with E-state index in [-0.39, 0.29) is 23.7 Å². The summed E-state index contributed by atoms with van der Waals surface area (Å²) in [6, 6.07) is 9.84. The lowest BCUT2D eigenvalue weighted by Crippen LogP contribution is -2.32. The number of benzene rings is 1. The average molecular weight is 528 g/mol. The lowest BCUT2D eigenvalue weighted by Gasteiger charge is -2.23. The van der Waals surface area contributed by atoms with Crippen LogP contribution in [0.4, 0.5) is 5.82 Å². The van der Waals surface area contributed by atoms with Crippen molar-refractivity contribution >= 4 is 39.0 Å². The van der Waals surface area contributed by atoms with Gasteiger partial charge in [-0.2, -0.15) is 14.6 Å². The minimum Gasteiger partial charge on any atom is -0.437 e. The number of nitrogens with zero attached hydrogens (tertiary/aromatic N) is 2. The summed E-state index contributed by atoms with van der Waals surface area (Å²) in [6.07, 6.45) is 7.03. The van der Waals surface area contributed by atoms with Crippen molar-refractivity contribution in [1.82, 2.24) is 10.3 Å². The topological polar surface area (TPSA) is 127 Å². The quantitative estimate of drug-likeness (QED) is 0.380. The van der Waals surface area contributed by atoms with Gasteiger partial charge in [-0.15, -0.1) is 0 Å². The van der Waals surface area contributed by atoms with Crippen molar-refractivity contribution in [2.24, 2.45) is 0 Å². The third-order valence-corrected chi connectivity index (χ3v) is 7.54. The fourth-order valence-electron chi connectivity index (χ4n) is 4.30. The number of amides is 1. The molecule has 4 rings (SSSR count). The molecule has 0 radical (unpaired) electrons. The summed E-state index contributed by atoms with van der Waals surface area (Å²) in [5.74, 6) is 0.855. The number of aryl methyl sites for hydroxylation is 1. The molecule has 198 valence electrons. The molecule has 0 atom stereocenters. The van der Waals surface area contributed by atoms with Gasteiger partial charge < -0.3 is 9.73 Å². The minimum atomic E-state index is -3.53. The molecular weight excluding hydrogens is 494 g/mol. The van der Waals surface area contributed by atoms with Crippen LogP contribution in [0.5, 0.6) is 0 Å². The zero-order chi connectivity index (χ0) is 27.2. The van der Waals surface area contributed by atoms with Crippen LogP contribution in [0.25, 0.3) is 22.4 Å². The van der Waals surface area contributed by atoms with Crippen LogP contribution in [0.2, 0.25) is 0 Å². The molecule has 2 heterocycles. The van der Waals surface area contributed by atoms with E-state index in [1.165, 1.54) is 16.1 Å². The van der Waals surface area contributed by atoms with E-state index < -0.39 is 10.0 Å². The molecule has 1 aliphatic rings. The maximum absolute atomic E-state index is 12.9. The lowest BCUT2D eigenvalue weighted by molar-refractivity contribution is -0.191. The van der Waals surface area contributed by atoms with E-state index in [0.717, 1.165) is 49.7 Å². The Hall–Kier alpha value is -3.49. The standard InChI is InChI=1S/C26H33N3O4S.CO2/c1-5-7-8-15-29(34(4,31)32)24-20(18-13-14-18)16-21-22(25(30)27-3)23(33-26(21)28-24)19-11-9-17(6-2)10-12-19;2-1-3/h9-12,16,18H,5-8,13-15H2,1-4H3,(H,27,30);. The number of carbonyl (C=O) groups is 1. The monoisotopic (exact) mass is 527 g/mol. The van der Waals surface area contributed by atoms with Crippen LogP contribution in [0.15, 0.2) is 34.7 Å². The zero-order valence-corrected chi connectivity index (χ0v) is 22.5. The van der Waals surface area contributed by atoms with Crippen molar-refractivity contribution in [2.75, 3.05) is 24.2 Å². The highest BCUT2D eigenvalue weighted by Gasteiger charge is 2.34. The lowest BCUT2D eigenvalue weighted by atomic mass is 10.0. The summed E-state index contributed by atoms with van der Waals surface area (Å²) >= 11 is 0. The van der Waals surface area contributed by atoms with E-state index in [1.54, 1.807) is 7.05 Å². The predicted octanol–water partition coefficient (Wildman–Crippen LogP) is 4.67. The van der Waals surface area contributed by atoms with Gasteiger partial charge in [0, 0.05) is 19.2 Å². The maximum atomic E-state index is 12.9. The highest BCUT2D eigenvalue weighted by atomic mass is 32.2. The van der Waals surface area contributed by atoms with Crippen molar-refractivity contribution in [3.8, 4) is 11.3 Å². The van der Waals surface area contributed by atoms with Crippen LogP contribution >= 0.6 is 0 Å². The third-order valence-electron chi connectivity index (χ3n) is 6.39. The molecule has 9 nitrogen and oxygen atoms in total. The highest BCUT2D eigenvalue weighted by Crippen LogP contribution is 2.46. The van der Waals surface area contributed by atoms with E-state index >= 15 is 0 Å². The Balaban J connectivity index is 0.00000121. The van der Waals surface area contributed by atoms with Gasteiger partial charge in [0.15, 0.2) is 0 Å². The molecule has 3 aromatic rings. The van der Waals surface area contributed by atoms with Gasteiger partial charge in [0.25, 0.3) is 5.91 Å². The second-order valence-electron chi connectivity index (χ2n) is 9.09. The predicted molar refractivity (Wildman–Crippen MR) is 141 cm³/mol. The van der Waals surface area contributed by atoms with E-state index in [0.29, 0.717) is 29.1 Å². The van der Waals surface area contributed by atoms with Crippen LogP contribution in [0.1, 0.15) is 73.4 Å². The van der Waals surface area contributed by atoms with Crippen molar-refractivity contribution < 1.29 is 27.2 Å². The van der Waals surface area contributed by atoms with Crippen molar-refractivity contribution in [2.45, 2.75) is 58.3 Å². The normalized spacial score (nSPS) is 13.0. The molecule has 1 aromatic carbocycles. The largest absolute Gasteiger partial charge is 0.437 e. The highest BCUT2D eigenvalue weighted by molar-refractivity contribution is 7.92. The Bertz CT molecular complexity index is 1390. The minimum absolute atomic E-state index is 0.238. The van der Waals surface area contributed by atoms with E-state index in [2.05, 4.69) is 19.2 Å². The fourth-order valence-corrected chi connectivity index (χ4v) is 5.23. The van der Waals surface area contributed by atoms with Crippen LogP contribution in [-0.2, 0) is 26.0 Å². The Morgan fingerprint density at radius 1 is 1.16 bits per heavy atom. The van der Waals surface area contributed by atoms with Gasteiger partial charge in [0.2, 0.25) is 15.7 Å². The molecule has 10 heteroatoms. The average Bonchev–Trinajstić information content (AvgIpc) is 3.65. The van der Waals surface area contributed by atoms with Gasteiger partial charge >= 0.3 is 6.15 Å². The Morgan fingerprint density at radius 2 is 1.81 bits per heavy atom. The Kier molecular flexibility index (Phi) is 9.23. The van der Waals surface area contributed by atoms with Gasteiger partial charge in [-0.05, 0) is 48.8 Å². The van der Waals surface area contributed by atoms with Crippen LogP contribution < -0.4 is 9.62 Å². The Labute approximate surface area is 217 Å². The molecule has 1 amide bonds. The van der Waals surface area contributed by atoms with Gasteiger partial charge in [-0.3, -0.25) is 9.10 Å². The van der Waals surface area contributed by atoms with Gasteiger partial charge in [0.05, 0.1) is 17.2 Å². The number of furan rings is 1. The molecule has 1 fully saturated rings. The number of hydrogen-bond donors (Lipinski definition) is 1. The summed E-state index contributed by atoms with van der Waals surface area (Å²) in [5.41, 5.74) is 3.55. The molecule has 0 aliphatic heterocycles. The second kappa shape index (κ2) is 12.2. The molecule has 1 N–H and O–H groups in total. The number of aromatic nitrogens is 1. The Morgan fingerprint density at radius 3 is 2.32 bits per heavy atom. The molecule has 0 bridgehead atoms. The summed E-state index contributed by atoms with van der Waals surface area (Å²) in [5, 5.41) is 3.33. The summed E-state index contributed by atoms with van der Waals surface area (Å²) in [4.78, 5) is 33.9. The van der Waals surface area contributed by atoms with Crippen LogP contribution in [0, 0.1) is 0 Å². The maximum Gasteiger partial charge on any atom is 0.373 e. The fraction of sp³-hybridized carbons (Fsp3) is 0.444. The summed E-state index contributed by atoms with van der Waals surface area (Å²) < 4.78 is 33.1. The molecular formula is C27H33N3O6S. The van der Waals surface area contributed by atoms with Gasteiger partial charge in [-0.1, -0.05) is 51.0 Å². The first-order valence-corrected chi connectivity index (χ1v) is 14.3. The van der Waals surface area contributed by atoms with Gasteiger partial charge in [-0.25, -0.2) is 8.42 Å². The van der Waals surface area contributed by atoms with E-state index in [4.69, 9.17) is 19.0 Å². The molecule has 2 aromatic heterocycles. The number of carbonyl (C=O) groups excluding carboxylic acids is 3. The van der Waals surface area contributed by atoms with E-state index in [9.17, 15) is 13.2 Å². The van der Waals surface area contributed by atoms with Crippen LogP contribution in [0.3, 0.4) is 0 Å². The molecule has 37 heavy (non-hydrogen) atoms. The van der Waals surface area contributed by atoms with Crippen molar-refractivity contribution in [3.05, 3.63) is 47.0 Å². The van der Waals surface area contributed by atoms with Crippen molar-refractivity contribution in [3.63, 3.8) is 0 Å². The first-order valence-electron chi connectivity index (χ1n) is 12.5. The molecule has 1 aliphatic carbocycles. The summed E-state index contributed by atoms with van der Waals surface area (Å²) in [6.45, 7) is 4.55. The number of nitrogens with one attached hydrogen (secondary N) is 1. The van der Waals surface area contributed by atoms with Gasteiger partial charge in [0.1, 0.15) is 11.6 Å². The number of unbranched alkanes of at least 4 members (excludes halogenated alkanes) is 2. The first kappa shape index (κ1) is 28.1. The molecule has 0 spiro atoms. The first-order chi connectivity index (χ1) is 17.7. The number of rotatable bonds is 10. The van der Waals surface area contributed by atoms with E-state index in [1.807, 2.05) is 30.3 Å². The molecule has 0 unspecified atom stereocenters. The number of anilines is 1.